The third-order valence-electron chi connectivity index (χ3n) is 8.27. The van der Waals surface area contributed by atoms with E-state index in [1.807, 2.05) is 43.4 Å². The number of aromatic amines is 1. The van der Waals surface area contributed by atoms with Crippen LogP contribution in [-0.4, -0.2) is 78.2 Å². The molecule has 2 fully saturated rings. The Morgan fingerprint density at radius 3 is 2.37 bits per heavy atom. The Kier molecular flexibility index (Phi) is 9.66. The van der Waals surface area contributed by atoms with Crippen LogP contribution in [0.2, 0.25) is 18.1 Å². The zero-order valence-electron chi connectivity index (χ0n) is 25.5. The number of carbonyl (C=O) groups excluding carboxylic acids is 2. The Balaban J connectivity index is 1.74. The van der Waals surface area contributed by atoms with E-state index in [1.54, 1.807) is 0 Å². The molecule has 1 aromatic heterocycles. The van der Waals surface area contributed by atoms with Crippen LogP contribution in [0.25, 0.3) is 0 Å². The molecule has 0 bridgehead atoms. The molecule has 0 radical (unpaired) electrons. The molecule has 0 spiro atoms. The Bertz CT molecular complexity index is 1420. The zero-order valence-corrected chi connectivity index (χ0v) is 26.5. The first-order valence-electron chi connectivity index (χ1n) is 14.2. The fourth-order valence-electron chi connectivity index (χ4n) is 5.00. The molecule has 1 aromatic carbocycles. The summed E-state index contributed by atoms with van der Waals surface area (Å²) >= 11 is 0. The zero-order chi connectivity index (χ0) is 31.7. The van der Waals surface area contributed by atoms with Gasteiger partial charge in [0.1, 0.15) is 24.9 Å². The minimum absolute atomic E-state index is 0.00673. The SMILES string of the molecule is CC(=O)O[C@@H]1[C@@H]2O[C@H](CO)[C@H](O[Si](C)(C)C(C)(C)C)[C@@H](NC(=O)OCc3ccccc3)[C@H]2O[C@H]1n1cc(C)c(=O)[nH]c1=O. The van der Waals surface area contributed by atoms with E-state index in [1.165, 1.54) is 20.0 Å². The van der Waals surface area contributed by atoms with Crippen molar-refractivity contribution in [2.24, 2.45) is 0 Å². The van der Waals surface area contributed by atoms with Gasteiger partial charge in [-0.05, 0) is 30.6 Å². The molecule has 236 valence electrons. The van der Waals surface area contributed by atoms with Crippen molar-refractivity contribution in [1.82, 2.24) is 14.9 Å². The van der Waals surface area contributed by atoms with Crippen LogP contribution in [0.5, 0.6) is 0 Å². The molecule has 2 aliphatic rings. The molecule has 14 heteroatoms. The highest BCUT2D eigenvalue weighted by Gasteiger charge is 2.60. The molecule has 1 amide bonds. The number of H-pyrrole nitrogens is 1. The summed E-state index contributed by atoms with van der Waals surface area (Å²) in [5.41, 5.74) is -0.339. The highest BCUT2D eigenvalue weighted by molar-refractivity contribution is 6.74. The van der Waals surface area contributed by atoms with Gasteiger partial charge in [0.2, 0.25) is 0 Å². The molecule has 3 N–H and O–H groups in total. The number of benzene rings is 1. The monoisotopic (exact) mass is 619 g/mol. The number of hydrogen-bond acceptors (Lipinski definition) is 10. The average Bonchev–Trinajstić information content (AvgIpc) is 3.27. The van der Waals surface area contributed by atoms with Gasteiger partial charge in [0.15, 0.2) is 20.6 Å². The van der Waals surface area contributed by atoms with E-state index in [9.17, 15) is 24.3 Å². The fourth-order valence-corrected chi connectivity index (χ4v) is 6.33. The number of nitrogens with one attached hydrogen (secondary N) is 2. The van der Waals surface area contributed by atoms with Gasteiger partial charge in [-0.2, -0.15) is 0 Å². The Hall–Kier alpha value is -3.30. The first-order chi connectivity index (χ1) is 20.1. The second-order valence-corrected chi connectivity index (χ2v) is 17.2. The second kappa shape index (κ2) is 12.7. The molecule has 43 heavy (non-hydrogen) atoms. The molecule has 2 aromatic rings. The second-order valence-electron chi connectivity index (χ2n) is 12.4. The van der Waals surface area contributed by atoms with Gasteiger partial charge in [0.05, 0.1) is 18.8 Å². The minimum atomic E-state index is -2.52. The predicted octanol–water partition coefficient (Wildman–Crippen LogP) is 2.12. The summed E-state index contributed by atoms with van der Waals surface area (Å²) in [6.45, 7) is 12.5. The summed E-state index contributed by atoms with van der Waals surface area (Å²) in [5.74, 6) is -0.663. The maximum absolute atomic E-state index is 13.2. The first kappa shape index (κ1) is 32.6. The molecular weight excluding hydrogens is 578 g/mol. The smallest absolute Gasteiger partial charge is 0.407 e. The first-order valence-corrected chi connectivity index (χ1v) is 17.1. The van der Waals surface area contributed by atoms with Crippen molar-refractivity contribution < 1.29 is 38.1 Å². The van der Waals surface area contributed by atoms with Gasteiger partial charge in [-0.3, -0.25) is 19.1 Å². The van der Waals surface area contributed by atoms with E-state index in [-0.39, 0.29) is 17.2 Å². The molecule has 3 heterocycles. The number of ether oxygens (including phenoxy) is 4. The van der Waals surface area contributed by atoms with Gasteiger partial charge < -0.3 is 33.8 Å². The Morgan fingerprint density at radius 1 is 1.09 bits per heavy atom. The largest absolute Gasteiger partial charge is 0.455 e. The number of esters is 1. The lowest BCUT2D eigenvalue weighted by molar-refractivity contribution is -0.191. The number of rotatable bonds is 8. The highest BCUT2D eigenvalue weighted by Crippen LogP contribution is 2.43. The standard InChI is InChI=1S/C29H41N3O10Si/c1-16-13-32(27(36)31-25(16)35)26-24(39-17(2)34)23-22(41-26)20(30-28(37)38-15-18-11-9-8-10-12-18)21(19(14-33)40-23)42-43(6,7)29(3,4)5/h8-13,19-24,26,33H,14-15H2,1-7H3,(H,30,37)(H,31,35,36)/t19-,20-,21+,22-,23-,24-,26-/m1/s1. The summed E-state index contributed by atoms with van der Waals surface area (Å²) < 4.78 is 31.6. The highest BCUT2D eigenvalue weighted by atomic mass is 28.4. The molecule has 2 saturated heterocycles. The average molecular weight is 620 g/mol. The van der Waals surface area contributed by atoms with Crippen molar-refractivity contribution in [3.05, 3.63) is 68.5 Å². The molecule has 7 atom stereocenters. The fraction of sp³-hybridized carbons (Fsp3) is 0.586. The summed E-state index contributed by atoms with van der Waals surface area (Å²) in [7, 11) is -2.52. The van der Waals surface area contributed by atoms with Gasteiger partial charge in [-0.15, -0.1) is 0 Å². The number of nitrogens with zero attached hydrogens (tertiary/aromatic N) is 1. The van der Waals surface area contributed by atoms with Crippen molar-refractivity contribution in [3.63, 3.8) is 0 Å². The third kappa shape index (κ3) is 7.10. The number of carbonyl (C=O) groups is 2. The van der Waals surface area contributed by atoms with Crippen LogP contribution < -0.4 is 16.6 Å². The summed E-state index contributed by atoms with van der Waals surface area (Å²) in [6.07, 6.45) is -5.71. The molecular formula is C29H41N3O10Si. The lowest BCUT2D eigenvalue weighted by Gasteiger charge is -2.48. The number of aliphatic hydroxyl groups excluding tert-OH is 1. The van der Waals surface area contributed by atoms with Crippen molar-refractivity contribution in [1.29, 1.82) is 0 Å². The van der Waals surface area contributed by atoms with Crippen LogP contribution in [0.4, 0.5) is 4.79 Å². The van der Waals surface area contributed by atoms with E-state index in [4.69, 9.17) is 23.4 Å². The quantitative estimate of drug-likeness (QED) is 0.294. The van der Waals surface area contributed by atoms with Crippen molar-refractivity contribution in [2.45, 2.75) is 102 Å². The van der Waals surface area contributed by atoms with Crippen LogP contribution >= 0.6 is 0 Å². The van der Waals surface area contributed by atoms with Crippen LogP contribution in [0.1, 0.15) is 45.0 Å². The van der Waals surface area contributed by atoms with E-state index in [2.05, 4.69) is 31.1 Å². The number of fused-ring (bicyclic) bond motifs is 1. The van der Waals surface area contributed by atoms with Crippen LogP contribution in [0, 0.1) is 6.92 Å². The van der Waals surface area contributed by atoms with Gasteiger partial charge >= 0.3 is 17.8 Å². The van der Waals surface area contributed by atoms with Crippen LogP contribution in [0.3, 0.4) is 0 Å². The number of aliphatic hydroxyl groups is 1. The number of aryl methyl sites for hydroxylation is 1. The van der Waals surface area contributed by atoms with E-state index in [0.717, 1.165) is 10.1 Å². The molecule has 0 saturated carbocycles. The van der Waals surface area contributed by atoms with Gasteiger partial charge in [0, 0.05) is 18.7 Å². The number of aromatic nitrogens is 2. The van der Waals surface area contributed by atoms with E-state index < -0.39 is 81.0 Å². The Labute approximate surface area is 250 Å². The van der Waals surface area contributed by atoms with Crippen LogP contribution in [-0.2, 0) is 34.8 Å². The van der Waals surface area contributed by atoms with Crippen molar-refractivity contribution in [3.8, 4) is 0 Å². The molecule has 0 unspecified atom stereocenters. The van der Waals surface area contributed by atoms with E-state index >= 15 is 0 Å². The maximum Gasteiger partial charge on any atom is 0.407 e. The topological polar surface area (TPSA) is 167 Å². The minimum Gasteiger partial charge on any atom is -0.455 e. The summed E-state index contributed by atoms with van der Waals surface area (Å²) in [5, 5.41) is 13.1. The van der Waals surface area contributed by atoms with Crippen molar-refractivity contribution in [2.75, 3.05) is 6.61 Å². The predicted molar refractivity (Wildman–Crippen MR) is 157 cm³/mol. The summed E-state index contributed by atoms with van der Waals surface area (Å²) in [6, 6.07) is 8.21. The summed E-state index contributed by atoms with van der Waals surface area (Å²) in [4.78, 5) is 52.6. The maximum atomic E-state index is 13.2. The van der Waals surface area contributed by atoms with E-state index in [0.29, 0.717) is 0 Å². The lowest BCUT2D eigenvalue weighted by Crippen LogP contribution is -2.67. The Morgan fingerprint density at radius 2 is 1.77 bits per heavy atom. The van der Waals surface area contributed by atoms with Gasteiger partial charge in [-0.25, -0.2) is 9.59 Å². The normalized spacial score (nSPS) is 27.3. The third-order valence-corrected chi connectivity index (χ3v) is 12.7. The van der Waals surface area contributed by atoms with Crippen molar-refractivity contribution >= 4 is 20.4 Å². The lowest BCUT2D eigenvalue weighted by atomic mass is 9.91. The van der Waals surface area contributed by atoms with Gasteiger partial charge in [-0.1, -0.05) is 51.1 Å². The molecule has 4 rings (SSSR count). The number of amides is 1. The number of alkyl carbamates (subject to hydrolysis) is 1. The van der Waals surface area contributed by atoms with Crippen LogP contribution in [0.15, 0.2) is 46.1 Å². The molecule has 0 aliphatic carbocycles. The molecule has 2 aliphatic heterocycles. The molecule has 13 nitrogen and oxygen atoms in total. The number of hydrogen-bond donors (Lipinski definition) is 3. The van der Waals surface area contributed by atoms with Gasteiger partial charge in [0.25, 0.3) is 5.56 Å².